The van der Waals surface area contributed by atoms with Crippen LogP contribution in [0, 0.1) is 5.82 Å². The summed E-state index contributed by atoms with van der Waals surface area (Å²) in [7, 11) is 0. The number of imidazole rings is 1. The molecule has 3 unspecified atom stereocenters. The van der Waals surface area contributed by atoms with Gasteiger partial charge in [-0.1, -0.05) is 0 Å². The number of aromatic nitrogens is 2. The SMILES string of the molecule is NC(c1nc2ccc(F)cc2[nH]1)C(O)[C@@H](O)C(O)CO. The van der Waals surface area contributed by atoms with Crippen LogP contribution in [0.3, 0.4) is 0 Å². The summed E-state index contributed by atoms with van der Waals surface area (Å²) in [5, 5.41) is 37.4. The normalized spacial score (nSPS) is 17.9. The van der Waals surface area contributed by atoms with Crippen LogP contribution < -0.4 is 5.73 Å². The molecule has 0 aliphatic carbocycles. The van der Waals surface area contributed by atoms with Gasteiger partial charge in [0.2, 0.25) is 0 Å². The van der Waals surface area contributed by atoms with Gasteiger partial charge in [-0.15, -0.1) is 0 Å². The van der Waals surface area contributed by atoms with Gasteiger partial charge in [-0.25, -0.2) is 9.37 Å². The summed E-state index contributed by atoms with van der Waals surface area (Å²) in [6.45, 7) is -0.712. The molecule has 0 saturated carbocycles. The second-order valence-corrected chi connectivity index (χ2v) is 4.54. The molecular weight excluding hydrogens is 269 g/mol. The molecule has 1 aromatic heterocycles. The number of aromatic amines is 1. The van der Waals surface area contributed by atoms with Crippen LogP contribution in [0.5, 0.6) is 0 Å². The fraction of sp³-hybridized carbons (Fsp3) is 0.417. The van der Waals surface area contributed by atoms with Crippen molar-refractivity contribution in [1.82, 2.24) is 9.97 Å². The van der Waals surface area contributed by atoms with Crippen molar-refractivity contribution in [2.75, 3.05) is 6.61 Å². The predicted octanol–water partition coefficient (Wildman–Crippen LogP) is -1.22. The Morgan fingerprint density at radius 2 is 1.95 bits per heavy atom. The predicted molar refractivity (Wildman–Crippen MR) is 68.1 cm³/mol. The summed E-state index contributed by atoms with van der Waals surface area (Å²) >= 11 is 0. The summed E-state index contributed by atoms with van der Waals surface area (Å²) in [4.78, 5) is 6.82. The van der Waals surface area contributed by atoms with Crippen LogP contribution in [-0.4, -0.2) is 55.3 Å². The Kier molecular flexibility index (Phi) is 4.31. The minimum absolute atomic E-state index is 0.141. The summed E-state index contributed by atoms with van der Waals surface area (Å²) in [5.41, 5.74) is 6.61. The van der Waals surface area contributed by atoms with Gasteiger partial charge in [0.15, 0.2) is 0 Å². The molecule has 2 rings (SSSR count). The molecule has 8 heteroatoms. The van der Waals surface area contributed by atoms with E-state index in [0.717, 1.165) is 0 Å². The van der Waals surface area contributed by atoms with Crippen LogP contribution in [0.1, 0.15) is 11.9 Å². The Balaban J connectivity index is 2.24. The first-order valence-electron chi connectivity index (χ1n) is 6.00. The number of fused-ring (bicyclic) bond motifs is 1. The minimum Gasteiger partial charge on any atom is -0.394 e. The van der Waals surface area contributed by atoms with E-state index in [2.05, 4.69) is 9.97 Å². The van der Waals surface area contributed by atoms with E-state index in [-0.39, 0.29) is 5.82 Å². The second kappa shape index (κ2) is 5.81. The van der Waals surface area contributed by atoms with Crippen molar-refractivity contribution in [2.24, 2.45) is 5.73 Å². The van der Waals surface area contributed by atoms with Gasteiger partial charge in [-0.2, -0.15) is 0 Å². The molecule has 0 radical (unpaired) electrons. The number of hydrogen-bond acceptors (Lipinski definition) is 6. The molecule has 7 nitrogen and oxygen atoms in total. The summed E-state index contributed by atoms with van der Waals surface area (Å²) < 4.78 is 13.1. The number of nitrogens with one attached hydrogen (secondary N) is 1. The highest BCUT2D eigenvalue weighted by Gasteiger charge is 2.31. The molecule has 4 atom stereocenters. The summed E-state index contributed by atoms with van der Waals surface area (Å²) in [5.74, 6) is -0.306. The molecular formula is C12H16FN3O4. The van der Waals surface area contributed by atoms with E-state index >= 15 is 0 Å². The number of rotatable bonds is 5. The van der Waals surface area contributed by atoms with Gasteiger partial charge in [0, 0.05) is 0 Å². The van der Waals surface area contributed by atoms with E-state index in [9.17, 15) is 19.7 Å². The molecule has 7 N–H and O–H groups in total. The van der Waals surface area contributed by atoms with E-state index in [1.54, 1.807) is 0 Å². The smallest absolute Gasteiger partial charge is 0.127 e. The van der Waals surface area contributed by atoms with Gasteiger partial charge in [-0.3, -0.25) is 0 Å². The number of nitrogens with zero attached hydrogens (tertiary/aromatic N) is 1. The molecule has 0 aliphatic heterocycles. The van der Waals surface area contributed by atoms with Crippen molar-refractivity contribution in [3.05, 3.63) is 29.8 Å². The first kappa shape index (κ1) is 14.8. The molecule has 0 bridgehead atoms. The zero-order valence-corrected chi connectivity index (χ0v) is 10.4. The molecule has 1 heterocycles. The number of nitrogens with two attached hydrogens (primary N) is 1. The molecule has 0 spiro atoms. The third-order valence-electron chi connectivity index (χ3n) is 3.08. The van der Waals surface area contributed by atoms with Crippen LogP contribution in [0.2, 0.25) is 0 Å². The highest BCUT2D eigenvalue weighted by atomic mass is 19.1. The maximum atomic E-state index is 13.1. The number of aliphatic hydroxyl groups excluding tert-OH is 4. The Labute approximate surface area is 113 Å². The number of halogens is 1. The van der Waals surface area contributed by atoms with Gasteiger partial charge < -0.3 is 31.1 Å². The van der Waals surface area contributed by atoms with Crippen LogP contribution in [-0.2, 0) is 0 Å². The van der Waals surface area contributed by atoms with Crippen molar-refractivity contribution in [3.8, 4) is 0 Å². The molecule has 2 aromatic rings. The molecule has 0 saturated heterocycles. The van der Waals surface area contributed by atoms with E-state index in [1.807, 2.05) is 0 Å². The third-order valence-corrected chi connectivity index (χ3v) is 3.08. The third kappa shape index (κ3) is 2.79. The Hall–Kier alpha value is -1.58. The van der Waals surface area contributed by atoms with E-state index in [0.29, 0.717) is 11.0 Å². The number of aliphatic hydroxyl groups is 4. The maximum absolute atomic E-state index is 13.1. The van der Waals surface area contributed by atoms with Crippen molar-refractivity contribution in [1.29, 1.82) is 0 Å². The average Bonchev–Trinajstić information content (AvgIpc) is 2.86. The lowest BCUT2D eigenvalue weighted by atomic mass is 10.0. The lowest BCUT2D eigenvalue weighted by Crippen LogP contribution is -2.45. The van der Waals surface area contributed by atoms with Crippen molar-refractivity contribution >= 4 is 11.0 Å². The fourth-order valence-corrected chi connectivity index (χ4v) is 1.87. The highest BCUT2D eigenvalue weighted by Crippen LogP contribution is 2.20. The number of hydrogen-bond donors (Lipinski definition) is 6. The molecule has 0 fully saturated rings. The maximum Gasteiger partial charge on any atom is 0.127 e. The standard InChI is InChI=1S/C12H16FN3O4/c13-5-1-2-6-7(3-5)16-12(15-6)9(14)11(20)10(19)8(18)4-17/h1-3,8-11,17-20H,4,14H2,(H,15,16)/t8?,9?,10-,11?/m0/s1. The second-order valence-electron chi connectivity index (χ2n) is 4.54. The molecule has 0 amide bonds. The van der Waals surface area contributed by atoms with Crippen molar-refractivity contribution < 1.29 is 24.8 Å². The fourth-order valence-electron chi connectivity index (χ4n) is 1.87. The molecule has 110 valence electrons. The van der Waals surface area contributed by atoms with E-state index < -0.39 is 36.8 Å². The topological polar surface area (TPSA) is 136 Å². The van der Waals surface area contributed by atoms with Gasteiger partial charge in [-0.05, 0) is 18.2 Å². The minimum atomic E-state index is -1.63. The first-order valence-corrected chi connectivity index (χ1v) is 6.00. The van der Waals surface area contributed by atoms with E-state index in [4.69, 9.17) is 10.8 Å². The van der Waals surface area contributed by atoms with E-state index in [1.165, 1.54) is 18.2 Å². The Morgan fingerprint density at radius 3 is 2.60 bits per heavy atom. The van der Waals surface area contributed by atoms with Crippen molar-refractivity contribution in [3.63, 3.8) is 0 Å². The Morgan fingerprint density at radius 1 is 1.25 bits per heavy atom. The van der Waals surface area contributed by atoms with Crippen LogP contribution in [0.15, 0.2) is 18.2 Å². The Bertz CT molecular complexity index is 591. The van der Waals surface area contributed by atoms with Gasteiger partial charge in [0.05, 0.1) is 23.7 Å². The highest BCUT2D eigenvalue weighted by molar-refractivity contribution is 5.75. The van der Waals surface area contributed by atoms with Crippen LogP contribution >= 0.6 is 0 Å². The van der Waals surface area contributed by atoms with Crippen LogP contribution in [0.4, 0.5) is 4.39 Å². The molecule has 20 heavy (non-hydrogen) atoms. The lowest BCUT2D eigenvalue weighted by molar-refractivity contribution is -0.0844. The average molecular weight is 285 g/mol. The first-order chi connectivity index (χ1) is 9.43. The number of benzene rings is 1. The van der Waals surface area contributed by atoms with Gasteiger partial charge >= 0.3 is 0 Å². The zero-order valence-electron chi connectivity index (χ0n) is 10.4. The molecule has 0 aliphatic rings. The lowest BCUT2D eigenvalue weighted by Gasteiger charge is -2.25. The van der Waals surface area contributed by atoms with Gasteiger partial charge in [0.1, 0.15) is 30.0 Å². The largest absolute Gasteiger partial charge is 0.394 e. The van der Waals surface area contributed by atoms with Crippen molar-refractivity contribution in [2.45, 2.75) is 24.4 Å². The monoisotopic (exact) mass is 285 g/mol. The van der Waals surface area contributed by atoms with Crippen LogP contribution in [0.25, 0.3) is 11.0 Å². The summed E-state index contributed by atoms with van der Waals surface area (Å²) in [6.07, 6.45) is -4.68. The quantitative estimate of drug-likeness (QED) is 0.407. The summed E-state index contributed by atoms with van der Waals surface area (Å²) in [6, 6.07) is 2.79. The van der Waals surface area contributed by atoms with Gasteiger partial charge in [0.25, 0.3) is 0 Å². The molecule has 1 aromatic carbocycles. The number of H-pyrrole nitrogens is 1. The zero-order chi connectivity index (χ0) is 14.9.